The van der Waals surface area contributed by atoms with Crippen LogP contribution in [0, 0.1) is 11.6 Å². The zero-order valence-corrected chi connectivity index (χ0v) is 11.2. The van der Waals surface area contributed by atoms with Crippen LogP contribution in [0.25, 0.3) is 0 Å². The highest BCUT2D eigenvalue weighted by atomic mass is 19.1. The van der Waals surface area contributed by atoms with E-state index in [-0.39, 0.29) is 5.60 Å². The Morgan fingerprint density at radius 1 is 1.06 bits per heavy atom. The Balaban J connectivity index is 2.18. The van der Waals surface area contributed by atoms with Gasteiger partial charge in [0.1, 0.15) is 11.6 Å². The largest absolute Gasteiger partial charge is 0.375 e. The van der Waals surface area contributed by atoms with Crippen LogP contribution in [0.2, 0.25) is 0 Å². The fourth-order valence-corrected chi connectivity index (χ4v) is 1.54. The summed E-state index contributed by atoms with van der Waals surface area (Å²) in [6, 6.07) is 3.60. The molecule has 18 heavy (non-hydrogen) atoms. The first-order valence-corrected chi connectivity index (χ1v) is 6.16. The van der Waals surface area contributed by atoms with E-state index in [0.717, 1.165) is 12.6 Å². The SMILES string of the molecule is CC(C)(C)OCCNCCc1cc(F)cc(F)c1. The van der Waals surface area contributed by atoms with Crippen LogP contribution < -0.4 is 5.32 Å². The molecule has 0 spiro atoms. The third kappa shape index (κ3) is 6.67. The maximum atomic E-state index is 12.9. The average Bonchev–Trinajstić information content (AvgIpc) is 2.20. The topological polar surface area (TPSA) is 21.3 Å². The summed E-state index contributed by atoms with van der Waals surface area (Å²) < 4.78 is 31.4. The van der Waals surface area contributed by atoms with Gasteiger partial charge in [0.2, 0.25) is 0 Å². The first-order valence-electron chi connectivity index (χ1n) is 6.16. The molecule has 0 heterocycles. The molecule has 2 nitrogen and oxygen atoms in total. The number of hydrogen-bond donors (Lipinski definition) is 1. The quantitative estimate of drug-likeness (QED) is 0.791. The summed E-state index contributed by atoms with van der Waals surface area (Å²) in [5, 5.41) is 3.18. The molecule has 0 aliphatic heterocycles. The highest BCUT2D eigenvalue weighted by Gasteiger charge is 2.08. The number of benzene rings is 1. The second-order valence-electron chi connectivity index (χ2n) is 5.24. The van der Waals surface area contributed by atoms with Gasteiger partial charge < -0.3 is 10.1 Å². The molecule has 0 aliphatic carbocycles. The lowest BCUT2D eigenvalue weighted by Crippen LogP contribution is -2.27. The predicted octanol–water partition coefficient (Wildman–Crippen LogP) is 2.91. The molecule has 0 radical (unpaired) electrons. The van der Waals surface area contributed by atoms with Gasteiger partial charge in [-0.1, -0.05) is 0 Å². The molecule has 0 atom stereocenters. The predicted molar refractivity (Wildman–Crippen MR) is 68.6 cm³/mol. The minimum Gasteiger partial charge on any atom is -0.375 e. The van der Waals surface area contributed by atoms with Gasteiger partial charge in [-0.15, -0.1) is 0 Å². The number of hydrogen-bond acceptors (Lipinski definition) is 2. The van der Waals surface area contributed by atoms with E-state index in [1.54, 1.807) is 0 Å². The van der Waals surface area contributed by atoms with Crippen LogP contribution in [-0.2, 0) is 11.2 Å². The van der Waals surface area contributed by atoms with Crippen molar-refractivity contribution in [3.8, 4) is 0 Å². The standard InChI is InChI=1S/C14H21F2NO/c1-14(2,3)18-7-6-17-5-4-11-8-12(15)10-13(16)9-11/h8-10,17H,4-7H2,1-3H3. The summed E-state index contributed by atoms with van der Waals surface area (Å²) >= 11 is 0. The Morgan fingerprint density at radius 2 is 1.67 bits per heavy atom. The maximum Gasteiger partial charge on any atom is 0.126 e. The lowest BCUT2D eigenvalue weighted by molar-refractivity contribution is -0.000712. The average molecular weight is 257 g/mol. The number of rotatable bonds is 6. The van der Waals surface area contributed by atoms with E-state index in [1.165, 1.54) is 12.1 Å². The van der Waals surface area contributed by atoms with Crippen molar-refractivity contribution in [3.63, 3.8) is 0 Å². The Morgan fingerprint density at radius 3 is 2.22 bits per heavy atom. The normalized spacial score (nSPS) is 11.8. The van der Waals surface area contributed by atoms with E-state index in [4.69, 9.17) is 4.74 Å². The van der Waals surface area contributed by atoms with Crippen molar-refractivity contribution in [2.75, 3.05) is 19.7 Å². The molecular weight excluding hydrogens is 236 g/mol. The van der Waals surface area contributed by atoms with E-state index in [2.05, 4.69) is 5.32 Å². The van der Waals surface area contributed by atoms with Crippen LogP contribution >= 0.6 is 0 Å². The molecule has 0 aliphatic rings. The first kappa shape index (κ1) is 15.1. The summed E-state index contributed by atoms with van der Waals surface area (Å²) in [5.41, 5.74) is 0.532. The van der Waals surface area contributed by atoms with Gasteiger partial charge in [0.25, 0.3) is 0 Å². The summed E-state index contributed by atoms with van der Waals surface area (Å²) in [4.78, 5) is 0. The number of ether oxygens (including phenoxy) is 1. The Labute approximate surface area is 107 Å². The lowest BCUT2D eigenvalue weighted by atomic mass is 10.1. The zero-order chi connectivity index (χ0) is 13.6. The van der Waals surface area contributed by atoms with Crippen LogP contribution in [-0.4, -0.2) is 25.3 Å². The zero-order valence-electron chi connectivity index (χ0n) is 11.2. The number of halogens is 2. The second-order valence-corrected chi connectivity index (χ2v) is 5.24. The summed E-state index contributed by atoms with van der Waals surface area (Å²) in [5.74, 6) is -1.05. The molecule has 0 saturated carbocycles. The van der Waals surface area contributed by atoms with Crippen LogP contribution in [0.4, 0.5) is 8.78 Å². The molecule has 0 fully saturated rings. The van der Waals surface area contributed by atoms with Gasteiger partial charge >= 0.3 is 0 Å². The molecule has 4 heteroatoms. The molecule has 0 amide bonds. The van der Waals surface area contributed by atoms with Crippen molar-refractivity contribution >= 4 is 0 Å². The van der Waals surface area contributed by atoms with E-state index < -0.39 is 11.6 Å². The molecule has 102 valence electrons. The third-order valence-corrected chi connectivity index (χ3v) is 2.33. The molecule has 0 saturated heterocycles. The minimum atomic E-state index is -0.527. The van der Waals surface area contributed by atoms with Crippen LogP contribution in [0.15, 0.2) is 18.2 Å². The molecule has 0 bridgehead atoms. The van der Waals surface area contributed by atoms with Gasteiger partial charge in [0, 0.05) is 12.6 Å². The fourth-order valence-electron chi connectivity index (χ4n) is 1.54. The maximum absolute atomic E-state index is 12.9. The summed E-state index contributed by atoms with van der Waals surface area (Å²) in [7, 11) is 0. The third-order valence-electron chi connectivity index (χ3n) is 2.33. The van der Waals surface area contributed by atoms with Crippen LogP contribution in [0.3, 0.4) is 0 Å². The van der Waals surface area contributed by atoms with Gasteiger partial charge in [0.15, 0.2) is 0 Å². The van der Waals surface area contributed by atoms with Gasteiger partial charge in [-0.2, -0.15) is 0 Å². The molecule has 1 N–H and O–H groups in total. The first-order chi connectivity index (χ1) is 8.37. The number of nitrogens with one attached hydrogen (secondary N) is 1. The summed E-state index contributed by atoms with van der Waals surface area (Å²) in [6.07, 6.45) is 0.601. The van der Waals surface area contributed by atoms with E-state index in [0.29, 0.717) is 25.1 Å². The van der Waals surface area contributed by atoms with Gasteiger partial charge in [-0.3, -0.25) is 0 Å². The van der Waals surface area contributed by atoms with Crippen molar-refractivity contribution in [2.24, 2.45) is 0 Å². The van der Waals surface area contributed by atoms with E-state index in [9.17, 15) is 8.78 Å². The molecular formula is C14H21F2NO. The highest BCUT2D eigenvalue weighted by Crippen LogP contribution is 2.08. The van der Waals surface area contributed by atoms with E-state index >= 15 is 0 Å². The van der Waals surface area contributed by atoms with E-state index in [1.807, 2.05) is 20.8 Å². The monoisotopic (exact) mass is 257 g/mol. The molecule has 0 aromatic heterocycles. The van der Waals surface area contributed by atoms with Gasteiger partial charge in [-0.05, 0) is 51.4 Å². The fraction of sp³-hybridized carbons (Fsp3) is 0.571. The second kappa shape index (κ2) is 6.81. The molecule has 1 aromatic carbocycles. The van der Waals surface area contributed by atoms with Crippen molar-refractivity contribution in [1.82, 2.24) is 5.32 Å². The van der Waals surface area contributed by atoms with Crippen molar-refractivity contribution in [3.05, 3.63) is 35.4 Å². The smallest absolute Gasteiger partial charge is 0.126 e. The Kier molecular flexibility index (Phi) is 5.69. The molecule has 1 aromatic rings. The van der Waals surface area contributed by atoms with Gasteiger partial charge in [-0.25, -0.2) is 8.78 Å². The van der Waals surface area contributed by atoms with Crippen molar-refractivity contribution < 1.29 is 13.5 Å². The van der Waals surface area contributed by atoms with Crippen LogP contribution in [0.5, 0.6) is 0 Å². The molecule has 0 unspecified atom stereocenters. The van der Waals surface area contributed by atoms with Crippen LogP contribution in [0.1, 0.15) is 26.3 Å². The summed E-state index contributed by atoms with van der Waals surface area (Å²) in [6.45, 7) is 8.04. The minimum absolute atomic E-state index is 0.132. The van der Waals surface area contributed by atoms with Crippen molar-refractivity contribution in [1.29, 1.82) is 0 Å². The molecule has 1 rings (SSSR count). The van der Waals surface area contributed by atoms with Crippen molar-refractivity contribution in [2.45, 2.75) is 32.8 Å². The Bertz CT molecular complexity index is 354. The Hall–Kier alpha value is -1.00. The highest BCUT2D eigenvalue weighted by molar-refractivity contribution is 5.18. The lowest BCUT2D eigenvalue weighted by Gasteiger charge is -2.19. The van der Waals surface area contributed by atoms with Gasteiger partial charge in [0.05, 0.1) is 12.2 Å².